The van der Waals surface area contributed by atoms with Gasteiger partial charge in [-0.2, -0.15) is 0 Å². The molecule has 0 atom stereocenters. The van der Waals surface area contributed by atoms with Crippen molar-refractivity contribution in [3.05, 3.63) is 48.3 Å². The summed E-state index contributed by atoms with van der Waals surface area (Å²) in [5.41, 5.74) is 0. The molecule has 0 fully saturated rings. The third kappa shape index (κ3) is 7.43. The minimum Gasteiger partial charge on any atom is -0.467 e. The van der Waals surface area contributed by atoms with Crippen LogP contribution in [0.15, 0.2) is 50.6 Å². The van der Waals surface area contributed by atoms with Gasteiger partial charge in [0, 0.05) is 32.8 Å². The van der Waals surface area contributed by atoms with Crippen molar-refractivity contribution in [2.24, 2.45) is 4.99 Å². The lowest BCUT2D eigenvalue weighted by Gasteiger charge is -2.11. The van der Waals surface area contributed by atoms with E-state index in [1.807, 2.05) is 19.1 Å². The Bertz CT molecular complexity index is 638. The number of ether oxygens (including phenoxy) is 1. The molecule has 142 valence electrons. The lowest BCUT2D eigenvalue weighted by molar-refractivity contribution is 0.0926. The van der Waals surface area contributed by atoms with E-state index in [9.17, 15) is 4.79 Å². The Kier molecular flexibility index (Phi) is 8.85. The summed E-state index contributed by atoms with van der Waals surface area (Å²) in [6.07, 6.45) is 3.92. The summed E-state index contributed by atoms with van der Waals surface area (Å²) in [4.78, 5) is 16.2. The molecule has 0 saturated heterocycles. The van der Waals surface area contributed by atoms with Gasteiger partial charge in [-0.3, -0.25) is 9.79 Å². The van der Waals surface area contributed by atoms with Crippen LogP contribution in [0, 0.1) is 0 Å². The van der Waals surface area contributed by atoms with E-state index in [1.165, 1.54) is 6.26 Å². The number of rotatable bonds is 11. The van der Waals surface area contributed by atoms with Gasteiger partial charge in [-0.05, 0) is 37.6 Å². The maximum atomic E-state index is 11.7. The number of nitrogens with one attached hydrogen (secondary N) is 3. The number of hydrogen-bond acceptors (Lipinski definition) is 5. The van der Waals surface area contributed by atoms with Crippen molar-refractivity contribution in [3.63, 3.8) is 0 Å². The predicted molar refractivity (Wildman–Crippen MR) is 98.0 cm³/mol. The largest absolute Gasteiger partial charge is 0.467 e. The Morgan fingerprint density at radius 2 is 1.92 bits per heavy atom. The van der Waals surface area contributed by atoms with Crippen LogP contribution in [0.4, 0.5) is 0 Å². The standard InChI is InChI=1S/C18H26N4O4/c1-2-19-18(21-8-5-11-24-14-15-6-3-12-25-15)22-10-9-20-17(23)16-7-4-13-26-16/h3-4,6-7,12-13H,2,5,8-11,14H2,1H3,(H,20,23)(H2,19,21,22). The monoisotopic (exact) mass is 362 g/mol. The van der Waals surface area contributed by atoms with Crippen LogP contribution in [-0.4, -0.2) is 44.7 Å². The van der Waals surface area contributed by atoms with E-state index in [0.29, 0.717) is 44.6 Å². The topological polar surface area (TPSA) is 101 Å². The van der Waals surface area contributed by atoms with Crippen molar-refractivity contribution in [2.45, 2.75) is 20.0 Å². The molecule has 0 aromatic carbocycles. The van der Waals surface area contributed by atoms with Crippen molar-refractivity contribution in [2.75, 3.05) is 32.8 Å². The average molecular weight is 362 g/mol. The number of furan rings is 2. The number of carbonyl (C=O) groups is 1. The summed E-state index contributed by atoms with van der Waals surface area (Å²) in [7, 11) is 0. The van der Waals surface area contributed by atoms with Crippen LogP contribution in [0.2, 0.25) is 0 Å². The Balaban J connectivity index is 1.57. The summed E-state index contributed by atoms with van der Waals surface area (Å²) < 4.78 is 15.8. The maximum absolute atomic E-state index is 11.7. The van der Waals surface area contributed by atoms with Gasteiger partial charge in [-0.25, -0.2) is 0 Å². The number of hydrogen-bond donors (Lipinski definition) is 3. The number of aliphatic imine (C=N–C) groups is 1. The number of guanidine groups is 1. The van der Waals surface area contributed by atoms with Gasteiger partial charge in [0.2, 0.25) is 0 Å². The Morgan fingerprint density at radius 1 is 1.12 bits per heavy atom. The molecule has 0 radical (unpaired) electrons. The molecule has 0 aliphatic heterocycles. The zero-order valence-electron chi connectivity index (χ0n) is 15.0. The summed E-state index contributed by atoms with van der Waals surface area (Å²) >= 11 is 0. The average Bonchev–Trinajstić information content (AvgIpc) is 3.35. The molecule has 3 N–H and O–H groups in total. The first-order chi connectivity index (χ1) is 12.8. The minimum atomic E-state index is -0.229. The van der Waals surface area contributed by atoms with Crippen molar-refractivity contribution in [3.8, 4) is 0 Å². The second-order valence-corrected chi connectivity index (χ2v) is 5.41. The quantitative estimate of drug-likeness (QED) is 0.320. The fraction of sp³-hybridized carbons (Fsp3) is 0.444. The van der Waals surface area contributed by atoms with Crippen molar-refractivity contribution >= 4 is 11.9 Å². The van der Waals surface area contributed by atoms with E-state index < -0.39 is 0 Å². The molecule has 2 aromatic rings. The molecule has 0 bridgehead atoms. The molecule has 0 aliphatic rings. The van der Waals surface area contributed by atoms with Gasteiger partial charge >= 0.3 is 0 Å². The molecule has 8 heteroatoms. The zero-order chi connectivity index (χ0) is 18.5. The van der Waals surface area contributed by atoms with Crippen molar-refractivity contribution in [1.29, 1.82) is 0 Å². The Morgan fingerprint density at radius 3 is 2.65 bits per heavy atom. The van der Waals surface area contributed by atoms with E-state index in [0.717, 1.165) is 18.7 Å². The fourth-order valence-corrected chi connectivity index (χ4v) is 2.12. The van der Waals surface area contributed by atoms with Crippen LogP contribution in [0.1, 0.15) is 29.7 Å². The van der Waals surface area contributed by atoms with Gasteiger partial charge in [-0.15, -0.1) is 0 Å². The van der Waals surface area contributed by atoms with E-state index >= 15 is 0 Å². The normalized spacial score (nSPS) is 11.3. The van der Waals surface area contributed by atoms with Crippen LogP contribution in [0.25, 0.3) is 0 Å². The number of nitrogens with zero attached hydrogens (tertiary/aromatic N) is 1. The number of carbonyl (C=O) groups excluding carboxylic acids is 1. The molecule has 0 unspecified atom stereocenters. The Hall–Kier alpha value is -2.74. The van der Waals surface area contributed by atoms with Gasteiger partial charge in [0.25, 0.3) is 5.91 Å². The molecule has 2 rings (SSSR count). The molecule has 8 nitrogen and oxygen atoms in total. The van der Waals surface area contributed by atoms with E-state index in [4.69, 9.17) is 13.6 Å². The first kappa shape index (κ1) is 19.6. The summed E-state index contributed by atoms with van der Waals surface area (Å²) in [6, 6.07) is 7.04. The fourth-order valence-electron chi connectivity index (χ4n) is 2.12. The van der Waals surface area contributed by atoms with E-state index in [-0.39, 0.29) is 5.91 Å². The van der Waals surface area contributed by atoms with E-state index in [1.54, 1.807) is 18.4 Å². The zero-order valence-corrected chi connectivity index (χ0v) is 15.0. The first-order valence-corrected chi connectivity index (χ1v) is 8.73. The first-order valence-electron chi connectivity index (χ1n) is 8.73. The molecular weight excluding hydrogens is 336 g/mol. The highest BCUT2D eigenvalue weighted by Crippen LogP contribution is 2.02. The lowest BCUT2D eigenvalue weighted by atomic mass is 10.4. The molecule has 1 amide bonds. The number of amides is 1. The third-order valence-corrected chi connectivity index (χ3v) is 3.33. The summed E-state index contributed by atoms with van der Waals surface area (Å²) in [5, 5.41) is 9.11. The van der Waals surface area contributed by atoms with Gasteiger partial charge in [-0.1, -0.05) is 0 Å². The van der Waals surface area contributed by atoms with Crippen LogP contribution in [0.3, 0.4) is 0 Å². The van der Waals surface area contributed by atoms with Crippen LogP contribution in [-0.2, 0) is 11.3 Å². The molecular formula is C18H26N4O4. The van der Waals surface area contributed by atoms with Crippen molar-refractivity contribution in [1.82, 2.24) is 16.0 Å². The predicted octanol–water partition coefficient (Wildman–Crippen LogP) is 1.76. The molecule has 0 aliphatic carbocycles. The minimum absolute atomic E-state index is 0.229. The van der Waals surface area contributed by atoms with Gasteiger partial charge in [0.15, 0.2) is 11.7 Å². The van der Waals surface area contributed by atoms with Gasteiger partial charge < -0.3 is 29.5 Å². The third-order valence-electron chi connectivity index (χ3n) is 3.33. The molecule has 26 heavy (non-hydrogen) atoms. The highest BCUT2D eigenvalue weighted by Gasteiger charge is 2.06. The molecule has 0 saturated carbocycles. The molecule has 2 aromatic heterocycles. The van der Waals surface area contributed by atoms with Crippen molar-refractivity contribution < 1.29 is 18.4 Å². The summed E-state index contributed by atoms with van der Waals surface area (Å²) in [6.45, 7) is 5.53. The maximum Gasteiger partial charge on any atom is 0.287 e. The highest BCUT2D eigenvalue weighted by atomic mass is 16.5. The smallest absolute Gasteiger partial charge is 0.287 e. The lowest BCUT2D eigenvalue weighted by Crippen LogP contribution is -2.41. The van der Waals surface area contributed by atoms with E-state index in [2.05, 4.69) is 20.9 Å². The Labute approximate surface area is 153 Å². The van der Waals surface area contributed by atoms with Crippen LogP contribution in [0.5, 0.6) is 0 Å². The molecule has 0 spiro atoms. The second-order valence-electron chi connectivity index (χ2n) is 5.41. The summed E-state index contributed by atoms with van der Waals surface area (Å²) in [5.74, 6) is 1.61. The highest BCUT2D eigenvalue weighted by molar-refractivity contribution is 5.91. The SMILES string of the molecule is CCNC(=NCCCOCc1ccco1)NCCNC(=O)c1ccco1. The van der Waals surface area contributed by atoms with Crippen LogP contribution < -0.4 is 16.0 Å². The van der Waals surface area contributed by atoms with Crippen LogP contribution >= 0.6 is 0 Å². The molecule has 2 heterocycles. The van der Waals surface area contributed by atoms with Gasteiger partial charge in [0.05, 0.1) is 12.5 Å². The van der Waals surface area contributed by atoms with Gasteiger partial charge in [0.1, 0.15) is 12.4 Å². The second kappa shape index (κ2) is 11.8.